The molecule has 0 amide bonds. The minimum Gasteiger partial charge on any atom is -0.388 e. The molecule has 0 spiro atoms. The molecule has 0 aromatic carbocycles. The number of aliphatic hydroxyl groups excluding tert-OH is 2. The Morgan fingerprint density at radius 2 is 2.16 bits per heavy atom. The molecule has 4 unspecified atom stereocenters. The lowest BCUT2D eigenvalue weighted by Crippen LogP contribution is -2.51. The molecule has 4 heteroatoms. The Morgan fingerprint density at radius 3 is 2.84 bits per heavy atom. The van der Waals surface area contributed by atoms with Crippen LogP contribution in [0.3, 0.4) is 0 Å². The fourth-order valence-corrected chi connectivity index (χ4v) is 3.33. The van der Waals surface area contributed by atoms with Crippen molar-refractivity contribution in [3.05, 3.63) is 40.0 Å². The van der Waals surface area contributed by atoms with Crippen LogP contribution in [-0.4, -0.2) is 34.4 Å². The van der Waals surface area contributed by atoms with E-state index in [0.29, 0.717) is 12.0 Å². The summed E-state index contributed by atoms with van der Waals surface area (Å²) in [6, 6.07) is -0.475. The fraction of sp³-hybridized carbons (Fsp3) is 0.467. The van der Waals surface area contributed by atoms with Crippen LogP contribution in [0.4, 0.5) is 0 Å². The first-order valence-corrected chi connectivity index (χ1v) is 6.51. The zero-order valence-electron chi connectivity index (χ0n) is 10.8. The second-order valence-electron chi connectivity index (χ2n) is 5.57. The van der Waals surface area contributed by atoms with Gasteiger partial charge in [0.15, 0.2) is 0 Å². The van der Waals surface area contributed by atoms with Gasteiger partial charge in [0, 0.05) is 24.0 Å². The highest BCUT2D eigenvalue weighted by atomic mass is 16.3. The summed E-state index contributed by atoms with van der Waals surface area (Å²) in [7, 11) is 0. The van der Waals surface area contributed by atoms with Gasteiger partial charge in [0.05, 0.1) is 6.10 Å². The Labute approximate surface area is 111 Å². The normalized spacial score (nSPS) is 37.4. The van der Waals surface area contributed by atoms with Crippen molar-refractivity contribution in [3.8, 4) is 0 Å². The maximum Gasteiger partial charge on any atom is 0.128 e. The summed E-state index contributed by atoms with van der Waals surface area (Å²) in [6.07, 6.45) is 3.19. The van der Waals surface area contributed by atoms with Crippen LogP contribution in [0.25, 0.3) is 0 Å². The molecule has 3 aliphatic carbocycles. The van der Waals surface area contributed by atoms with Gasteiger partial charge in [0.1, 0.15) is 12.0 Å². The molecule has 0 bridgehead atoms. The summed E-state index contributed by atoms with van der Waals surface area (Å²) >= 11 is 0. The third kappa shape index (κ3) is 1.77. The molecule has 0 aromatic heterocycles. The SMILES string of the molecule is CC1=C2CC3C(=CC(O)C(O)C3N)C=C2CC1=C=O. The van der Waals surface area contributed by atoms with Crippen LogP contribution >= 0.6 is 0 Å². The van der Waals surface area contributed by atoms with Crippen molar-refractivity contribution in [1.29, 1.82) is 0 Å². The Bertz CT molecular complexity index is 578. The molecular formula is C15H17NO3. The predicted molar refractivity (Wildman–Crippen MR) is 70.8 cm³/mol. The lowest BCUT2D eigenvalue weighted by atomic mass is 9.72. The van der Waals surface area contributed by atoms with Crippen molar-refractivity contribution in [2.75, 3.05) is 0 Å². The molecule has 0 aromatic rings. The molecule has 4 nitrogen and oxygen atoms in total. The number of hydrogen-bond donors (Lipinski definition) is 3. The molecule has 0 aliphatic heterocycles. The van der Waals surface area contributed by atoms with Crippen LogP contribution in [0.1, 0.15) is 19.8 Å². The number of nitrogens with two attached hydrogens (primary N) is 1. The summed E-state index contributed by atoms with van der Waals surface area (Å²) in [4.78, 5) is 10.9. The van der Waals surface area contributed by atoms with Crippen molar-refractivity contribution >= 4 is 5.94 Å². The second kappa shape index (κ2) is 4.29. The van der Waals surface area contributed by atoms with Gasteiger partial charge in [-0.1, -0.05) is 6.08 Å². The predicted octanol–water partition coefficient (Wildman–Crippen LogP) is 0.400. The molecule has 0 fully saturated rings. The topological polar surface area (TPSA) is 83.6 Å². The van der Waals surface area contributed by atoms with E-state index < -0.39 is 18.2 Å². The molecular weight excluding hydrogens is 242 g/mol. The molecule has 4 atom stereocenters. The number of rotatable bonds is 0. The zero-order valence-corrected chi connectivity index (χ0v) is 10.8. The van der Waals surface area contributed by atoms with Crippen molar-refractivity contribution in [3.63, 3.8) is 0 Å². The van der Waals surface area contributed by atoms with Gasteiger partial charge >= 0.3 is 0 Å². The van der Waals surface area contributed by atoms with Crippen molar-refractivity contribution in [2.45, 2.75) is 38.0 Å². The van der Waals surface area contributed by atoms with Crippen LogP contribution in [0.2, 0.25) is 0 Å². The summed E-state index contributed by atoms with van der Waals surface area (Å²) in [5, 5.41) is 19.6. The largest absolute Gasteiger partial charge is 0.388 e. The number of fused-ring (bicyclic) bond motifs is 2. The van der Waals surface area contributed by atoms with E-state index in [-0.39, 0.29) is 5.92 Å². The van der Waals surface area contributed by atoms with E-state index in [9.17, 15) is 15.0 Å². The quantitative estimate of drug-likeness (QED) is 0.550. The zero-order chi connectivity index (χ0) is 13.7. The van der Waals surface area contributed by atoms with E-state index in [0.717, 1.165) is 28.7 Å². The fourth-order valence-electron chi connectivity index (χ4n) is 3.33. The van der Waals surface area contributed by atoms with Crippen molar-refractivity contribution < 1.29 is 15.0 Å². The van der Waals surface area contributed by atoms with Crippen LogP contribution < -0.4 is 5.73 Å². The first-order chi connectivity index (χ1) is 9.02. The molecule has 100 valence electrons. The summed E-state index contributed by atoms with van der Waals surface area (Å²) in [5.41, 5.74) is 11.0. The average molecular weight is 259 g/mol. The number of aliphatic hydroxyl groups is 2. The molecule has 0 saturated carbocycles. The van der Waals surface area contributed by atoms with Crippen LogP contribution in [0, 0.1) is 5.92 Å². The van der Waals surface area contributed by atoms with Gasteiger partial charge in [0.2, 0.25) is 0 Å². The minimum absolute atomic E-state index is 0.0121. The highest BCUT2D eigenvalue weighted by molar-refractivity contribution is 5.70. The summed E-state index contributed by atoms with van der Waals surface area (Å²) in [6.45, 7) is 1.94. The highest BCUT2D eigenvalue weighted by Crippen LogP contribution is 2.46. The van der Waals surface area contributed by atoms with Gasteiger partial charge in [-0.15, -0.1) is 0 Å². The second-order valence-corrected chi connectivity index (χ2v) is 5.57. The maximum atomic E-state index is 10.9. The Morgan fingerprint density at radius 1 is 1.42 bits per heavy atom. The summed E-state index contributed by atoms with van der Waals surface area (Å²) in [5.74, 6) is 2.01. The third-order valence-electron chi connectivity index (χ3n) is 4.55. The van der Waals surface area contributed by atoms with Crippen molar-refractivity contribution in [2.24, 2.45) is 11.7 Å². The molecule has 19 heavy (non-hydrogen) atoms. The standard InChI is InChI=1S/C15H17NO3/c1-7-10(6-17)3-8-2-9-4-13(18)15(19)14(16)12(9)5-11(7)8/h2,4,12-15,18-19H,3,5,16H2,1H3. The van der Waals surface area contributed by atoms with Gasteiger partial charge in [-0.05, 0) is 41.7 Å². The number of allylic oxidation sites excluding steroid dienone is 5. The maximum absolute atomic E-state index is 10.9. The van der Waals surface area contributed by atoms with E-state index in [4.69, 9.17) is 5.73 Å². The third-order valence-corrected chi connectivity index (χ3v) is 4.55. The molecule has 4 N–H and O–H groups in total. The lowest BCUT2D eigenvalue weighted by Gasteiger charge is -2.38. The van der Waals surface area contributed by atoms with E-state index >= 15 is 0 Å². The molecule has 0 heterocycles. The Balaban J connectivity index is 2.08. The van der Waals surface area contributed by atoms with Gasteiger partial charge in [-0.3, -0.25) is 0 Å². The number of hydrogen-bond acceptors (Lipinski definition) is 4. The smallest absolute Gasteiger partial charge is 0.128 e. The van der Waals surface area contributed by atoms with Crippen molar-refractivity contribution in [1.82, 2.24) is 0 Å². The van der Waals surface area contributed by atoms with E-state index in [1.807, 2.05) is 18.9 Å². The number of carbonyl (C=O) groups excluding carboxylic acids is 1. The molecule has 0 radical (unpaired) electrons. The van der Waals surface area contributed by atoms with E-state index in [1.54, 1.807) is 6.08 Å². The first kappa shape index (κ1) is 12.6. The van der Waals surface area contributed by atoms with Gasteiger partial charge in [0.25, 0.3) is 0 Å². The summed E-state index contributed by atoms with van der Waals surface area (Å²) < 4.78 is 0. The minimum atomic E-state index is -0.924. The monoisotopic (exact) mass is 259 g/mol. The highest BCUT2D eigenvalue weighted by Gasteiger charge is 2.40. The van der Waals surface area contributed by atoms with Crippen LogP contribution in [-0.2, 0) is 4.79 Å². The van der Waals surface area contributed by atoms with Gasteiger partial charge in [-0.25, -0.2) is 4.79 Å². The molecule has 0 saturated heterocycles. The van der Waals surface area contributed by atoms with E-state index in [2.05, 4.69) is 0 Å². The average Bonchev–Trinajstić information content (AvgIpc) is 2.71. The van der Waals surface area contributed by atoms with Gasteiger partial charge < -0.3 is 15.9 Å². The Kier molecular flexibility index (Phi) is 2.84. The van der Waals surface area contributed by atoms with Gasteiger partial charge in [-0.2, -0.15) is 0 Å². The Hall–Kier alpha value is -1.45. The first-order valence-electron chi connectivity index (χ1n) is 6.51. The van der Waals surface area contributed by atoms with Crippen LogP contribution in [0.5, 0.6) is 0 Å². The van der Waals surface area contributed by atoms with Crippen LogP contribution in [0.15, 0.2) is 40.0 Å². The molecule has 3 rings (SSSR count). The molecule has 3 aliphatic rings. The lowest BCUT2D eigenvalue weighted by molar-refractivity contribution is 0.0123. The van der Waals surface area contributed by atoms with E-state index in [1.165, 1.54) is 0 Å².